The van der Waals surface area contributed by atoms with Crippen molar-refractivity contribution in [3.8, 4) is 0 Å². The Bertz CT molecular complexity index is 508. The number of carbonyl (C=O) groups is 1. The van der Waals surface area contributed by atoms with E-state index in [2.05, 4.69) is 13.8 Å². The zero-order chi connectivity index (χ0) is 18.9. The van der Waals surface area contributed by atoms with Crippen LogP contribution in [-0.4, -0.2) is 28.4 Å². The van der Waals surface area contributed by atoms with Gasteiger partial charge in [-0.05, 0) is 37.2 Å². The molecule has 2 aliphatic rings. The van der Waals surface area contributed by atoms with Gasteiger partial charge in [0.05, 0.1) is 12.2 Å². The lowest BCUT2D eigenvalue weighted by molar-refractivity contribution is -0.140. The minimum absolute atomic E-state index is 0.141. The second-order valence-electron chi connectivity index (χ2n) is 8.07. The third-order valence-electron chi connectivity index (χ3n) is 5.62. The van der Waals surface area contributed by atoms with Crippen molar-refractivity contribution >= 4 is 5.97 Å². The number of carbonyl (C=O) groups excluding carboxylic acids is 1. The second kappa shape index (κ2) is 10.9. The predicted molar refractivity (Wildman–Crippen MR) is 103 cm³/mol. The molecule has 0 aromatic rings. The van der Waals surface area contributed by atoms with Gasteiger partial charge in [-0.2, -0.15) is 0 Å². The van der Waals surface area contributed by atoms with Crippen LogP contribution in [0.4, 0.5) is 0 Å². The molecule has 0 saturated heterocycles. The SMILES string of the molecule is CCCC[C@H](C)C[C@H](O)/C=C/[C@@H]1C2=C(C[C@H]1O)OC(=O)CCCCCC2. The van der Waals surface area contributed by atoms with Gasteiger partial charge in [-0.3, -0.25) is 4.79 Å². The van der Waals surface area contributed by atoms with Crippen LogP contribution in [0.15, 0.2) is 23.5 Å². The van der Waals surface area contributed by atoms with Crippen molar-refractivity contribution in [2.45, 2.75) is 96.7 Å². The summed E-state index contributed by atoms with van der Waals surface area (Å²) in [5, 5.41) is 20.8. The van der Waals surface area contributed by atoms with Gasteiger partial charge in [-0.15, -0.1) is 0 Å². The summed E-state index contributed by atoms with van der Waals surface area (Å²) in [5.74, 6) is 0.844. The number of hydrogen-bond donors (Lipinski definition) is 2. The number of aliphatic hydroxyl groups excluding tert-OH is 2. The lowest BCUT2D eigenvalue weighted by Gasteiger charge is -2.17. The molecule has 0 spiro atoms. The fourth-order valence-corrected chi connectivity index (χ4v) is 4.06. The Kier molecular flexibility index (Phi) is 8.86. The molecule has 0 aromatic heterocycles. The van der Waals surface area contributed by atoms with Gasteiger partial charge < -0.3 is 14.9 Å². The van der Waals surface area contributed by atoms with E-state index in [9.17, 15) is 15.0 Å². The average molecular weight is 365 g/mol. The maximum absolute atomic E-state index is 11.9. The van der Waals surface area contributed by atoms with Crippen molar-refractivity contribution < 1.29 is 19.7 Å². The van der Waals surface area contributed by atoms with Gasteiger partial charge >= 0.3 is 5.97 Å². The van der Waals surface area contributed by atoms with E-state index in [0.29, 0.717) is 24.5 Å². The topological polar surface area (TPSA) is 66.8 Å². The summed E-state index contributed by atoms with van der Waals surface area (Å²) in [6.45, 7) is 4.36. The second-order valence-corrected chi connectivity index (χ2v) is 8.07. The van der Waals surface area contributed by atoms with Crippen LogP contribution in [0.25, 0.3) is 0 Å². The molecule has 0 unspecified atom stereocenters. The van der Waals surface area contributed by atoms with E-state index in [1.807, 2.05) is 12.2 Å². The summed E-state index contributed by atoms with van der Waals surface area (Å²) in [6, 6.07) is 0. The van der Waals surface area contributed by atoms with E-state index in [1.54, 1.807) is 0 Å². The van der Waals surface area contributed by atoms with E-state index in [1.165, 1.54) is 12.8 Å². The van der Waals surface area contributed by atoms with Gasteiger partial charge in [0.2, 0.25) is 0 Å². The minimum Gasteiger partial charge on any atom is -0.431 e. The van der Waals surface area contributed by atoms with Gasteiger partial charge in [0, 0.05) is 18.8 Å². The quantitative estimate of drug-likeness (QED) is 0.510. The first-order valence-corrected chi connectivity index (χ1v) is 10.5. The first-order chi connectivity index (χ1) is 12.5. The summed E-state index contributed by atoms with van der Waals surface area (Å²) in [6.07, 6.45) is 12.8. The zero-order valence-corrected chi connectivity index (χ0v) is 16.5. The first kappa shape index (κ1) is 21.2. The van der Waals surface area contributed by atoms with E-state index in [4.69, 9.17) is 4.74 Å². The highest BCUT2D eigenvalue weighted by Crippen LogP contribution is 2.38. The smallest absolute Gasteiger partial charge is 0.310 e. The molecule has 0 fully saturated rings. The van der Waals surface area contributed by atoms with Gasteiger partial charge in [-0.1, -0.05) is 58.1 Å². The lowest BCUT2D eigenvalue weighted by Crippen LogP contribution is -2.16. The zero-order valence-electron chi connectivity index (χ0n) is 16.5. The predicted octanol–water partition coefficient (Wildman–Crippen LogP) is 4.65. The fourth-order valence-electron chi connectivity index (χ4n) is 4.06. The van der Waals surface area contributed by atoms with Crippen LogP contribution in [-0.2, 0) is 9.53 Å². The Morgan fingerprint density at radius 1 is 1.23 bits per heavy atom. The largest absolute Gasteiger partial charge is 0.431 e. The van der Waals surface area contributed by atoms with Crippen LogP contribution in [0.3, 0.4) is 0 Å². The van der Waals surface area contributed by atoms with Crippen molar-refractivity contribution in [2.75, 3.05) is 0 Å². The summed E-state index contributed by atoms with van der Waals surface area (Å²) < 4.78 is 5.55. The molecule has 0 aromatic carbocycles. The molecule has 0 amide bonds. The molecule has 4 heteroatoms. The van der Waals surface area contributed by atoms with Crippen molar-refractivity contribution in [3.63, 3.8) is 0 Å². The van der Waals surface area contributed by atoms with Crippen molar-refractivity contribution in [1.29, 1.82) is 0 Å². The minimum atomic E-state index is -0.561. The molecule has 1 aliphatic carbocycles. The third kappa shape index (κ3) is 6.55. The number of aliphatic hydroxyl groups is 2. The molecule has 2 rings (SSSR count). The van der Waals surface area contributed by atoms with Crippen LogP contribution in [0.2, 0.25) is 0 Å². The molecule has 0 saturated carbocycles. The summed E-state index contributed by atoms with van der Waals surface area (Å²) in [4.78, 5) is 11.9. The molecular formula is C22H36O4. The van der Waals surface area contributed by atoms with E-state index >= 15 is 0 Å². The van der Waals surface area contributed by atoms with Crippen molar-refractivity contribution in [2.24, 2.45) is 11.8 Å². The van der Waals surface area contributed by atoms with Gasteiger partial charge in [0.15, 0.2) is 0 Å². The maximum atomic E-state index is 11.9. The fraction of sp³-hybridized carbons (Fsp3) is 0.773. The van der Waals surface area contributed by atoms with E-state index < -0.39 is 12.2 Å². The maximum Gasteiger partial charge on any atom is 0.310 e. The molecule has 1 heterocycles. The highest BCUT2D eigenvalue weighted by Gasteiger charge is 2.34. The Balaban J connectivity index is 2.00. The van der Waals surface area contributed by atoms with E-state index in [0.717, 1.165) is 50.5 Å². The standard InChI is InChI=1S/C22H36O4/c1-3-4-9-16(2)14-17(23)12-13-18-19-10-7-5-6-8-11-22(25)26-21(19)15-20(18)24/h12-13,16-18,20,23-24H,3-11,14-15H2,1-2H3/b13-12+/t16-,17+,18+,20+/m0/s1. The molecule has 26 heavy (non-hydrogen) atoms. The Morgan fingerprint density at radius 3 is 2.69 bits per heavy atom. The number of rotatable bonds is 7. The number of unbranched alkanes of at least 4 members (excludes halogenated alkanes) is 1. The average Bonchev–Trinajstić information content (AvgIpc) is 2.89. The van der Waals surface area contributed by atoms with Crippen molar-refractivity contribution in [3.05, 3.63) is 23.5 Å². The lowest BCUT2D eigenvalue weighted by atomic mass is 9.92. The molecule has 4 nitrogen and oxygen atoms in total. The Morgan fingerprint density at radius 2 is 1.96 bits per heavy atom. The Labute approximate surface area is 158 Å². The van der Waals surface area contributed by atoms with Gasteiger partial charge in [0.25, 0.3) is 0 Å². The molecule has 0 bridgehead atoms. The van der Waals surface area contributed by atoms with Crippen LogP contribution in [0.1, 0.15) is 84.5 Å². The molecular weight excluding hydrogens is 328 g/mol. The molecule has 148 valence electrons. The van der Waals surface area contributed by atoms with Gasteiger partial charge in [-0.25, -0.2) is 0 Å². The normalized spacial score (nSPS) is 27.3. The van der Waals surface area contributed by atoms with E-state index in [-0.39, 0.29) is 11.9 Å². The van der Waals surface area contributed by atoms with Crippen LogP contribution >= 0.6 is 0 Å². The molecule has 0 radical (unpaired) electrons. The number of hydrogen-bond acceptors (Lipinski definition) is 4. The monoisotopic (exact) mass is 364 g/mol. The van der Waals surface area contributed by atoms with Gasteiger partial charge in [0.1, 0.15) is 5.76 Å². The highest BCUT2D eigenvalue weighted by molar-refractivity contribution is 5.70. The number of ether oxygens (including phenoxy) is 1. The highest BCUT2D eigenvalue weighted by atomic mass is 16.5. The molecule has 2 N–H and O–H groups in total. The third-order valence-corrected chi connectivity index (χ3v) is 5.62. The first-order valence-electron chi connectivity index (χ1n) is 10.5. The van der Waals surface area contributed by atoms with Crippen LogP contribution in [0.5, 0.6) is 0 Å². The summed E-state index contributed by atoms with van der Waals surface area (Å²) >= 11 is 0. The van der Waals surface area contributed by atoms with Crippen LogP contribution < -0.4 is 0 Å². The number of esters is 1. The molecule has 1 aliphatic heterocycles. The van der Waals surface area contributed by atoms with Crippen LogP contribution in [0, 0.1) is 11.8 Å². The summed E-state index contributed by atoms with van der Waals surface area (Å²) in [5.41, 5.74) is 1.05. The Hall–Kier alpha value is -1.13. The molecule has 4 atom stereocenters. The van der Waals surface area contributed by atoms with Crippen molar-refractivity contribution in [1.82, 2.24) is 0 Å². The summed E-state index contributed by atoms with van der Waals surface area (Å²) in [7, 11) is 0.